The van der Waals surface area contributed by atoms with Crippen molar-refractivity contribution >= 4 is 12.1 Å². The van der Waals surface area contributed by atoms with E-state index < -0.39 is 23.3 Å². The van der Waals surface area contributed by atoms with E-state index >= 15 is 0 Å². The number of carboxylic acids is 1. The van der Waals surface area contributed by atoms with E-state index in [1.54, 1.807) is 6.07 Å². The molecule has 1 unspecified atom stereocenters. The normalized spacial score (nSPS) is 14.3. The number of carboxylic acid groups (broad SMARTS) is 1. The smallest absolute Gasteiger partial charge is 0.407 e. The van der Waals surface area contributed by atoms with Crippen LogP contribution in [0.2, 0.25) is 0 Å². The van der Waals surface area contributed by atoms with Crippen LogP contribution in [0.15, 0.2) is 72.8 Å². The van der Waals surface area contributed by atoms with Crippen molar-refractivity contribution in [3.8, 4) is 11.1 Å². The van der Waals surface area contributed by atoms with E-state index in [4.69, 9.17) is 4.74 Å². The summed E-state index contributed by atoms with van der Waals surface area (Å²) in [7, 11) is 0. The van der Waals surface area contributed by atoms with Gasteiger partial charge in [0.1, 0.15) is 17.8 Å². The van der Waals surface area contributed by atoms with Crippen molar-refractivity contribution in [2.75, 3.05) is 13.2 Å². The molecule has 5 nitrogen and oxygen atoms in total. The monoisotopic (exact) mass is 419 g/mol. The molecule has 1 atom stereocenters. The van der Waals surface area contributed by atoms with Crippen molar-refractivity contribution in [3.05, 3.63) is 95.3 Å². The lowest BCUT2D eigenvalue weighted by Crippen LogP contribution is -2.45. The molecule has 4 rings (SSSR count). The fourth-order valence-electron chi connectivity index (χ4n) is 4.09. The van der Waals surface area contributed by atoms with Gasteiger partial charge >= 0.3 is 12.1 Å². The highest BCUT2D eigenvalue weighted by atomic mass is 19.1. The van der Waals surface area contributed by atoms with Gasteiger partial charge in [-0.05, 0) is 35.2 Å². The zero-order chi connectivity index (χ0) is 22.0. The number of nitrogens with one attached hydrogen (secondary N) is 1. The largest absolute Gasteiger partial charge is 0.481 e. The number of alkyl carbamates (subject to hydrolysis) is 1. The highest BCUT2D eigenvalue weighted by Crippen LogP contribution is 2.44. The minimum Gasteiger partial charge on any atom is -0.481 e. The van der Waals surface area contributed by atoms with Crippen LogP contribution in [0.3, 0.4) is 0 Å². The summed E-state index contributed by atoms with van der Waals surface area (Å²) in [6.07, 6.45) is -0.745. The van der Waals surface area contributed by atoms with Crippen molar-refractivity contribution in [2.45, 2.75) is 18.3 Å². The van der Waals surface area contributed by atoms with Crippen LogP contribution in [0.25, 0.3) is 11.1 Å². The Morgan fingerprint density at radius 2 is 1.52 bits per heavy atom. The third kappa shape index (κ3) is 3.77. The van der Waals surface area contributed by atoms with Gasteiger partial charge in [-0.2, -0.15) is 0 Å². The number of rotatable bonds is 6. The maximum absolute atomic E-state index is 14.2. The molecule has 0 saturated carbocycles. The topological polar surface area (TPSA) is 75.6 Å². The SMILES string of the molecule is CC(CNC(=O)OCC1c2ccccc2-c2ccccc21)(C(=O)O)c1ccccc1F. The van der Waals surface area contributed by atoms with Crippen molar-refractivity contribution in [1.82, 2.24) is 5.32 Å². The summed E-state index contributed by atoms with van der Waals surface area (Å²) in [6, 6.07) is 21.6. The first-order valence-corrected chi connectivity index (χ1v) is 9.99. The predicted molar refractivity (Wildman–Crippen MR) is 114 cm³/mol. The number of aliphatic carboxylic acids is 1. The Morgan fingerprint density at radius 3 is 2.10 bits per heavy atom. The lowest BCUT2D eigenvalue weighted by molar-refractivity contribution is -0.143. The highest BCUT2D eigenvalue weighted by Gasteiger charge is 2.38. The molecule has 3 aromatic carbocycles. The molecule has 0 saturated heterocycles. The number of hydrogen-bond donors (Lipinski definition) is 2. The summed E-state index contributed by atoms with van der Waals surface area (Å²) in [5.41, 5.74) is 2.77. The Balaban J connectivity index is 1.45. The molecule has 0 spiro atoms. The van der Waals surface area contributed by atoms with Gasteiger partial charge in [-0.1, -0.05) is 66.7 Å². The van der Waals surface area contributed by atoms with Gasteiger partial charge in [0.25, 0.3) is 0 Å². The molecule has 2 N–H and O–H groups in total. The number of ether oxygens (including phenoxy) is 1. The van der Waals surface area contributed by atoms with E-state index in [0.29, 0.717) is 0 Å². The zero-order valence-corrected chi connectivity index (χ0v) is 17.0. The summed E-state index contributed by atoms with van der Waals surface area (Å²) in [6.45, 7) is 1.18. The number of amides is 1. The van der Waals surface area contributed by atoms with Crippen molar-refractivity contribution < 1.29 is 23.8 Å². The van der Waals surface area contributed by atoms with Crippen LogP contribution in [-0.2, 0) is 14.9 Å². The van der Waals surface area contributed by atoms with E-state index in [1.165, 1.54) is 25.1 Å². The van der Waals surface area contributed by atoms with Crippen molar-refractivity contribution in [3.63, 3.8) is 0 Å². The molecule has 0 bridgehead atoms. The molecule has 0 aromatic heterocycles. The van der Waals surface area contributed by atoms with Crippen LogP contribution in [0.1, 0.15) is 29.5 Å². The third-order valence-electron chi connectivity index (χ3n) is 5.87. The van der Waals surface area contributed by atoms with Gasteiger partial charge in [-0.3, -0.25) is 4.79 Å². The minimum atomic E-state index is -1.63. The minimum absolute atomic E-state index is 0.00134. The van der Waals surface area contributed by atoms with E-state index in [2.05, 4.69) is 5.32 Å². The fourth-order valence-corrected chi connectivity index (χ4v) is 4.09. The van der Waals surface area contributed by atoms with E-state index in [9.17, 15) is 19.1 Å². The maximum Gasteiger partial charge on any atom is 0.407 e. The number of hydrogen-bond acceptors (Lipinski definition) is 3. The maximum atomic E-state index is 14.2. The number of fused-ring (bicyclic) bond motifs is 3. The molecule has 0 aliphatic heterocycles. The van der Waals surface area contributed by atoms with Crippen molar-refractivity contribution in [2.24, 2.45) is 0 Å². The quantitative estimate of drug-likeness (QED) is 0.607. The third-order valence-corrected chi connectivity index (χ3v) is 5.87. The fraction of sp³-hybridized carbons (Fsp3) is 0.200. The second kappa shape index (κ2) is 8.22. The van der Waals surface area contributed by atoms with Crippen LogP contribution < -0.4 is 5.32 Å². The summed E-state index contributed by atoms with van der Waals surface area (Å²) in [5, 5.41) is 12.2. The summed E-state index contributed by atoms with van der Waals surface area (Å²) in [5.74, 6) is -1.98. The first-order valence-electron chi connectivity index (χ1n) is 9.99. The summed E-state index contributed by atoms with van der Waals surface area (Å²) in [4.78, 5) is 24.3. The molecule has 1 aliphatic carbocycles. The molecule has 0 radical (unpaired) electrons. The van der Waals surface area contributed by atoms with Crippen LogP contribution in [-0.4, -0.2) is 30.3 Å². The molecular weight excluding hydrogens is 397 g/mol. The van der Waals surface area contributed by atoms with Gasteiger partial charge in [-0.25, -0.2) is 9.18 Å². The van der Waals surface area contributed by atoms with Gasteiger partial charge in [0.15, 0.2) is 0 Å². The molecule has 3 aromatic rings. The average Bonchev–Trinajstić information content (AvgIpc) is 3.10. The molecular formula is C25H22FNO4. The molecule has 31 heavy (non-hydrogen) atoms. The van der Waals surface area contributed by atoms with Crippen LogP contribution in [0, 0.1) is 5.82 Å². The molecule has 1 amide bonds. The molecule has 6 heteroatoms. The average molecular weight is 419 g/mol. The van der Waals surface area contributed by atoms with Crippen LogP contribution in [0.5, 0.6) is 0 Å². The Hall–Kier alpha value is -3.67. The van der Waals surface area contributed by atoms with Crippen LogP contribution >= 0.6 is 0 Å². The highest BCUT2D eigenvalue weighted by molar-refractivity contribution is 5.82. The Labute approximate surface area is 179 Å². The Bertz CT molecular complexity index is 1100. The zero-order valence-electron chi connectivity index (χ0n) is 17.0. The Kier molecular flexibility index (Phi) is 5.46. The van der Waals surface area contributed by atoms with Crippen LogP contribution in [0.4, 0.5) is 9.18 Å². The number of carbonyl (C=O) groups excluding carboxylic acids is 1. The predicted octanol–water partition coefficient (Wildman–Crippen LogP) is 4.71. The van der Waals surface area contributed by atoms with E-state index in [-0.39, 0.29) is 24.6 Å². The first-order chi connectivity index (χ1) is 14.9. The second-order valence-electron chi connectivity index (χ2n) is 7.80. The molecule has 158 valence electrons. The lowest BCUT2D eigenvalue weighted by Gasteiger charge is -2.26. The summed E-state index contributed by atoms with van der Waals surface area (Å²) >= 11 is 0. The number of carbonyl (C=O) groups is 2. The van der Waals surface area contributed by atoms with Gasteiger partial charge in [0.05, 0.1) is 0 Å². The second-order valence-corrected chi connectivity index (χ2v) is 7.80. The summed E-state index contributed by atoms with van der Waals surface area (Å²) < 4.78 is 19.6. The Morgan fingerprint density at radius 1 is 0.968 bits per heavy atom. The van der Waals surface area contributed by atoms with Gasteiger partial charge in [0, 0.05) is 18.0 Å². The van der Waals surface area contributed by atoms with Gasteiger partial charge < -0.3 is 15.2 Å². The standard InChI is InChI=1S/C25H22FNO4/c1-25(23(28)29,21-12-6-7-13-22(21)26)15-27-24(30)31-14-20-18-10-4-2-8-16(18)17-9-3-5-11-19(17)20/h2-13,20H,14-15H2,1H3,(H,27,30)(H,28,29). The first kappa shape index (κ1) is 20.6. The van der Waals surface area contributed by atoms with E-state index in [0.717, 1.165) is 22.3 Å². The molecule has 0 fully saturated rings. The lowest BCUT2D eigenvalue weighted by atomic mass is 9.82. The van der Waals surface area contributed by atoms with Gasteiger partial charge in [0.2, 0.25) is 0 Å². The van der Waals surface area contributed by atoms with Crippen molar-refractivity contribution in [1.29, 1.82) is 0 Å². The molecule has 0 heterocycles. The molecule has 1 aliphatic rings. The number of benzene rings is 3. The van der Waals surface area contributed by atoms with E-state index in [1.807, 2.05) is 48.5 Å². The number of halogens is 1. The van der Waals surface area contributed by atoms with Gasteiger partial charge in [-0.15, -0.1) is 0 Å².